The molecule has 0 fully saturated rings. The Hall–Kier alpha value is -2.26. The number of hydrogen-bond donors (Lipinski definition) is 1. The van der Waals surface area contributed by atoms with Crippen LogP contribution in [0.3, 0.4) is 0 Å². The fraction of sp³-hybridized carbons (Fsp3) is 0.222. The Kier molecular flexibility index (Phi) is 3.93. The molecule has 1 aromatic carbocycles. The van der Waals surface area contributed by atoms with Crippen molar-refractivity contribution in [3.05, 3.63) is 71.7 Å². The lowest BCUT2D eigenvalue weighted by Crippen LogP contribution is -2.19. The summed E-state index contributed by atoms with van der Waals surface area (Å²) in [5.74, 6) is 0. The topological polar surface area (TPSA) is 37.8 Å². The number of aryl methyl sites for hydroxylation is 1. The number of fused-ring (bicyclic) bond motifs is 1. The normalized spacial score (nSPS) is 12.5. The summed E-state index contributed by atoms with van der Waals surface area (Å²) in [6.45, 7) is 2.16. The minimum atomic E-state index is 0.139. The Morgan fingerprint density at radius 1 is 1.14 bits per heavy atom. The van der Waals surface area contributed by atoms with Gasteiger partial charge in [0.1, 0.15) is 0 Å². The largest absolute Gasteiger partial charge is 0.309 e. The van der Waals surface area contributed by atoms with Crippen LogP contribution in [0.2, 0.25) is 0 Å². The van der Waals surface area contributed by atoms with Crippen LogP contribution in [-0.2, 0) is 6.42 Å². The predicted molar refractivity (Wildman–Crippen MR) is 86.3 cm³/mol. The summed E-state index contributed by atoms with van der Waals surface area (Å²) < 4.78 is 0. The van der Waals surface area contributed by atoms with Crippen LogP contribution >= 0.6 is 0 Å². The number of rotatable bonds is 4. The Labute approximate surface area is 125 Å². The third-order valence-electron chi connectivity index (χ3n) is 3.87. The van der Waals surface area contributed by atoms with Gasteiger partial charge in [-0.05, 0) is 48.4 Å². The number of para-hydroxylation sites is 1. The van der Waals surface area contributed by atoms with Crippen molar-refractivity contribution in [2.45, 2.75) is 19.4 Å². The molecule has 1 unspecified atom stereocenters. The molecule has 0 amide bonds. The molecule has 3 nitrogen and oxygen atoms in total. The van der Waals surface area contributed by atoms with Crippen molar-refractivity contribution in [1.29, 1.82) is 0 Å². The van der Waals surface area contributed by atoms with Crippen molar-refractivity contribution in [2.75, 3.05) is 7.05 Å². The number of nitrogens with zero attached hydrogens (tertiary/aromatic N) is 2. The molecule has 3 heteroatoms. The molecule has 3 rings (SSSR count). The lowest BCUT2D eigenvalue weighted by atomic mass is 9.95. The van der Waals surface area contributed by atoms with Gasteiger partial charge >= 0.3 is 0 Å². The Bertz CT molecular complexity index is 752. The van der Waals surface area contributed by atoms with Crippen LogP contribution in [0, 0.1) is 0 Å². The van der Waals surface area contributed by atoms with Gasteiger partial charge in [-0.25, -0.2) is 0 Å². The third kappa shape index (κ3) is 2.65. The van der Waals surface area contributed by atoms with Gasteiger partial charge in [-0.15, -0.1) is 0 Å². The average molecular weight is 277 g/mol. The molecular weight excluding hydrogens is 258 g/mol. The second-order valence-electron chi connectivity index (χ2n) is 5.11. The highest BCUT2D eigenvalue weighted by Gasteiger charge is 2.15. The zero-order chi connectivity index (χ0) is 14.7. The fourth-order valence-corrected chi connectivity index (χ4v) is 2.76. The second-order valence-corrected chi connectivity index (χ2v) is 5.11. The molecule has 21 heavy (non-hydrogen) atoms. The first-order valence-electron chi connectivity index (χ1n) is 7.28. The molecule has 0 aliphatic rings. The summed E-state index contributed by atoms with van der Waals surface area (Å²) in [5, 5.41) is 4.58. The first kappa shape index (κ1) is 13.7. The standard InChI is InChI=1S/C18H19N3/c1-3-13-11-20-9-8-16(13)18(19-2)15-10-14-6-4-5-7-17(14)21-12-15/h4-12,18-19H,3H2,1-2H3. The number of nitrogens with one attached hydrogen (secondary N) is 1. The summed E-state index contributed by atoms with van der Waals surface area (Å²) in [7, 11) is 1.99. The highest BCUT2D eigenvalue weighted by Crippen LogP contribution is 2.26. The van der Waals surface area contributed by atoms with E-state index in [1.165, 1.54) is 22.1 Å². The molecule has 2 heterocycles. The summed E-state index contributed by atoms with van der Waals surface area (Å²) in [5.41, 5.74) is 4.75. The monoisotopic (exact) mass is 277 g/mol. The van der Waals surface area contributed by atoms with E-state index in [1.54, 1.807) is 0 Å². The van der Waals surface area contributed by atoms with Crippen LogP contribution in [-0.4, -0.2) is 17.0 Å². The van der Waals surface area contributed by atoms with Crippen LogP contribution in [0.15, 0.2) is 55.0 Å². The summed E-state index contributed by atoms with van der Waals surface area (Å²) in [6, 6.07) is 12.6. The van der Waals surface area contributed by atoms with Gasteiger partial charge < -0.3 is 5.32 Å². The molecule has 0 aliphatic carbocycles. The summed E-state index contributed by atoms with van der Waals surface area (Å²) >= 11 is 0. The van der Waals surface area contributed by atoms with Crippen molar-refractivity contribution < 1.29 is 0 Å². The Morgan fingerprint density at radius 2 is 2.00 bits per heavy atom. The molecule has 0 spiro atoms. The molecule has 106 valence electrons. The van der Waals surface area contributed by atoms with E-state index in [4.69, 9.17) is 0 Å². The maximum absolute atomic E-state index is 4.58. The maximum Gasteiger partial charge on any atom is 0.0702 e. The van der Waals surface area contributed by atoms with E-state index in [-0.39, 0.29) is 6.04 Å². The molecule has 0 radical (unpaired) electrons. The van der Waals surface area contributed by atoms with Crippen LogP contribution in [0.4, 0.5) is 0 Å². The van der Waals surface area contributed by atoms with E-state index in [2.05, 4.69) is 40.4 Å². The minimum absolute atomic E-state index is 0.139. The number of benzene rings is 1. The van der Waals surface area contributed by atoms with Gasteiger partial charge in [-0.3, -0.25) is 9.97 Å². The number of aromatic nitrogens is 2. The van der Waals surface area contributed by atoms with Gasteiger partial charge in [0, 0.05) is 24.0 Å². The molecule has 0 saturated carbocycles. The highest BCUT2D eigenvalue weighted by atomic mass is 14.9. The van der Waals surface area contributed by atoms with Crippen molar-refractivity contribution in [2.24, 2.45) is 0 Å². The van der Waals surface area contributed by atoms with Gasteiger partial charge in [0.25, 0.3) is 0 Å². The van der Waals surface area contributed by atoms with E-state index in [0.29, 0.717) is 0 Å². The van der Waals surface area contributed by atoms with Gasteiger partial charge in [0.05, 0.1) is 11.6 Å². The van der Waals surface area contributed by atoms with Crippen molar-refractivity contribution in [3.8, 4) is 0 Å². The van der Waals surface area contributed by atoms with E-state index in [0.717, 1.165) is 11.9 Å². The maximum atomic E-state index is 4.58. The first-order valence-corrected chi connectivity index (χ1v) is 7.28. The Balaban J connectivity index is 2.09. The van der Waals surface area contributed by atoms with Gasteiger partial charge in [0.2, 0.25) is 0 Å². The zero-order valence-electron chi connectivity index (χ0n) is 12.4. The minimum Gasteiger partial charge on any atom is -0.309 e. The van der Waals surface area contributed by atoms with Gasteiger partial charge in [-0.1, -0.05) is 25.1 Å². The van der Waals surface area contributed by atoms with Crippen molar-refractivity contribution in [1.82, 2.24) is 15.3 Å². The van der Waals surface area contributed by atoms with Gasteiger partial charge in [0.15, 0.2) is 0 Å². The zero-order valence-corrected chi connectivity index (χ0v) is 12.4. The van der Waals surface area contributed by atoms with Gasteiger partial charge in [-0.2, -0.15) is 0 Å². The molecular formula is C18H19N3. The molecule has 1 N–H and O–H groups in total. The highest BCUT2D eigenvalue weighted by molar-refractivity contribution is 5.79. The molecule has 0 saturated heterocycles. The smallest absolute Gasteiger partial charge is 0.0702 e. The van der Waals surface area contributed by atoms with Crippen LogP contribution < -0.4 is 5.32 Å². The molecule has 1 atom stereocenters. The second kappa shape index (κ2) is 6.02. The molecule has 3 aromatic rings. The van der Waals surface area contributed by atoms with E-state index < -0.39 is 0 Å². The lowest BCUT2D eigenvalue weighted by molar-refractivity contribution is 0.681. The first-order chi connectivity index (χ1) is 10.3. The Morgan fingerprint density at radius 3 is 2.81 bits per heavy atom. The number of hydrogen-bond acceptors (Lipinski definition) is 3. The lowest BCUT2D eigenvalue weighted by Gasteiger charge is -2.20. The van der Waals surface area contributed by atoms with E-state index >= 15 is 0 Å². The molecule has 0 aliphatic heterocycles. The molecule has 0 bridgehead atoms. The summed E-state index contributed by atoms with van der Waals surface area (Å²) in [4.78, 5) is 8.81. The fourth-order valence-electron chi connectivity index (χ4n) is 2.76. The van der Waals surface area contributed by atoms with Crippen LogP contribution in [0.5, 0.6) is 0 Å². The van der Waals surface area contributed by atoms with Crippen LogP contribution in [0.25, 0.3) is 10.9 Å². The third-order valence-corrected chi connectivity index (χ3v) is 3.87. The predicted octanol–water partition coefficient (Wildman–Crippen LogP) is 3.50. The van der Waals surface area contributed by atoms with E-state index in [1.807, 2.05) is 43.8 Å². The van der Waals surface area contributed by atoms with E-state index in [9.17, 15) is 0 Å². The quantitative estimate of drug-likeness (QED) is 0.793. The SMILES string of the molecule is CCc1cnccc1C(NC)c1cnc2ccccc2c1. The number of pyridine rings is 2. The van der Waals surface area contributed by atoms with Crippen molar-refractivity contribution in [3.63, 3.8) is 0 Å². The average Bonchev–Trinajstić information content (AvgIpc) is 2.56. The van der Waals surface area contributed by atoms with Crippen molar-refractivity contribution >= 4 is 10.9 Å². The summed E-state index contributed by atoms with van der Waals surface area (Å²) in [6.07, 6.45) is 6.74. The van der Waals surface area contributed by atoms with Crippen LogP contribution in [0.1, 0.15) is 29.7 Å². The molecule has 2 aromatic heterocycles.